The summed E-state index contributed by atoms with van der Waals surface area (Å²) in [6.45, 7) is 0.195. The minimum Gasteiger partial charge on any atom is -0.355 e. The molecule has 0 radical (unpaired) electrons. The number of carbonyl (C=O) groups is 2. The Kier molecular flexibility index (Phi) is 6.52. The van der Waals surface area contributed by atoms with E-state index in [1.807, 2.05) is 18.2 Å². The van der Waals surface area contributed by atoms with Crippen LogP contribution < -0.4 is 10.9 Å². The van der Waals surface area contributed by atoms with E-state index < -0.39 is 33.6 Å². The van der Waals surface area contributed by atoms with Gasteiger partial charge < -0.3 is 4.52 Å². The molecule has 1 fully saturated rings. The molecular weight excluding hydrogens is 451 g/mol. The van der Waals surface area contributed by atoms with Crippen LogP contribution in [0.1, 0.15) is 23.3 Å². The van der Waals surface area contributed by atoms with Crippen molar-refractivity contribution in [2.24, 2.45) is 5.92 Å². The van der Waals surface area contributed by atoms with Gasteiger partial charge in [0.1, 0.15) is 5.82 Å². The van der Waals surface area contributed by atoms with E-state index in [1.165, 1.54) is 22.5 Å². The summed E-state index contributed by atoms with van der Waals surface area (Å²) in [5.74, 6) is -1.98. The molecule has 0 saturated carbocycles. The molecule has 9 nitrogen and oxygen atoms in total. The van der Waals surface area contributed by atoms with Crippen LogP contribution in [0.3, 0.4) is 0 Å². The second-order valence-corrected chi connectivity index (χ2v) is 9.48. The number of halogens is 1. The highest BCUT2D eigenvalue weighted by atomic mass is 32.2. The maximum absolute atomic E-state index is 13.1. The highest BCUT2D eigenvalue weighted by Crippen LogP contribution is 2.24. The van der Waals surface area contributed by atoms with Crippen molar-refractivity contribution in [3.8, 4) is 11.3 Å². The lowest BCUT2D eigenvalue weighted by Gasteiger charge is -2.31. The molecule has 1 atom stereocenters. The van der Waals surface area contributed by atoms with Crippen molar-refractivity contribution in [3.05, 3.63) is 72.2 Å². The average molecular weight is 472 g/mol. The van der Waals surface area contributed by atoms with Crippen molar-refractivity contribution in [1.82, 2.24) is 20.3 Å². The van der Waals surface area contributed by atoms with Crippen LogP contribution in [0.25, 0.3) is 11.3 Å². The normalized spacial score (nSPS) is 16.8. The highest BCUT2D eigenvalue weighted by Gasteiger charge is 2.33. The molecule has 2 amide bonds. The highest BCUT2D eigenvalue weighted by molar-refractivity contribution is 7.89. The summed E-state index contributed by atoms with van der Waals surface area (Å²) in [6.07, 6.45) is 0.926. The molecule has 172 valence electrons. The summed E-state index contributed by atoms with van der Waals surface area (Å²) < 4.78 is 45.1. The number of amides is 2. The minimum atomic E-state index is -3.87. The molecule has 0 spiro atoms. The Hall–Kier alpha value is -3.57. The minimum absolute atomic E-state index is 0.0155. The quantitative estimate of drug-likeness (QED) is 0.550. The maximum Gasteiger partial charge on any atom is 0.291 e. The predicted octanol–water partition coefficient (Wildman–Crippen LogP) is 2.34. The Morgan fingerprint density at radius 1 is 1.06 bits per heavy atom. The molecular formula is C22H21FN4O5S. The summed E-state index contributed by atoms with van der Waals surface area (Å²) in [6, 6.07) is 15.1. The van der Waals surface area contributed by atoms with Crippen molar-refractivity contribution in [2.45, 2.75) is 17.7 Å². The third-order valence-electron chi connectivity index (χ3n) is 5.31. The molecule has 2 heterocycles. The number of piperidine rings is 1. The van der Waals surface area contributed by atoms with Gasteiger partial charge in [0.25, 0.3) is 5.91 Å². The Bertz CT molecular complexity index is 1250. The van der Waals surface area contributed by atoms with Gasteiger partial charge in [0.2, 0.25) is 15.9 Å². The fourth-order valence-electron chi connectivity index (χ4n) is 3.54. The van der Waals surface area contributed by atoms with Gasteiger partial charge in [0.05, 0.1) is 10.8 Å². The molecule has 1 saturated heterocycles. The van der Waals surface area contributed by atoms with Crippen LogP contribution >= 0.6 is 0 Å². The second-order valence-electron chi connectivity index (χ2n) is 7.54. The van der Waals surface area contributed by atoms with E-state index >= 15 is 0 Å². The smallest absolute Gasteiger partial charge is 0.291 e. The van der Waals surface area contributed by atoms with Gasteiger partial charge in [-0.1, -0.05) is 35.5 Å². The first kappa shape index (κ1) is 22.6. The Morgan fingerprint density at radius 3 is 2.52 bits per heavy atom. The van der Waals surface area contributed by atoms with E-state index in [4.69, 9.17) is 4.52 Å². The van der Waals surface area contributed by atoms with Gasteiger partial charge in [-0.15, -0.1) is 0 Å². The number of hydrogen-bond donors (Lipinski definition) is 2. The van der Waals surface area contributed by atoms with Gasteiger partial charge in [0.15, 0.2) is 11.5 Å². The zero-order valence-electron chi connectivity index (χ0n) is 17.4. The average Bonchev–Trinajstić information content (AvgIpc) is 3.34. The van der Waals surface area contributed by atoms with Gasteiger partial charge in [-0.05, 0) is 37.1 Å². The molecule has 3 aromatic rings. The summed E-state index contributed by atoms with van der Waals surface area (Å²) in [5, 5.41) is 3.71. The van der Waals surface area contributed by atoms with Crippen molar-refractivity contribution in [2.75, 3.05) is 13.1 Å². The van der Waals surface area contributed by atoms with Crippen LogP contribution in [0.15, 0.2) is 70.1 Å². The van der Waals surface area contributed by atoms with Crippen molar-refractivity contribution in [3.63, 3.8) is 0 Å². The number of hydrazine groups is 1. The number of rotatable bonds is 5. The van der Waals surface area contributed by atoms with Gasteiger partial charge in [-0.3, -0.25) is 20.4 Å². The molecule has 1 aliphatic heterocycles. The topological polar surface area (TPSA) is 122 Å². The zero-order chi connectivity index (χ0) is 23.4. The molecule has 0 aliphatic carbocycles. The number of benzene rings is 2. The Balaban J connectivity index is 1.35. The van der Waals surface area contributed by atoms with Crippen molar-refractivity contribution >= 4 is 21.8 Å². The van der Waals surface area contributed by atoms with Crippen molar-refractivity contribution in [1.29, 1.82) is 0 Å². The lowest BCUT2D eigenvalue weighted by atomic mass is 9.99. The van der Waals surface area contributed by atoms with Crippen molar-refractivity contribution < 1.29 is 26.9 Å². The Morgan fingerprint density at radius 2 is 1.79 bits per heavy atom. The summed E-state index contributed by atoms with van der Waals surface area (Å²) in [4.78, 5) is 24.9. The molecule has 2 aromatic carbocycles. The molecule has 11 heteroatoms. The predicted molar refractivity (Wildman–Crippen MR) is 115 cm³/mol. The fraction of sp³-hybridized carbons (Fsp3) is 0.227. The van der Waals surface area contributed by atoms with E-state index in [1.54, 1.807) is 12.1 Å². The third kappa shape index (κ3) is 5.10. The van der Waals surface area contributed by atoms with Gasteiger partial charge in [-0.2, -0.15) is 4.31 Å². The van der Waals surface area contributed by atoms with E-state index in [9.17, 15) is 22.4 Å². The molecule has 4 rings (SSSR count). The molecule has 1 aliphatic rings. The van der Waals surface area contributed by atoms with E-state index in [0.717, 1.165) is 17.7 Å². The van der Waals surface area contributed by atoms with E-state index in [0.29, 0.717) is 18.6 Å². The van der Waals surface area contributed by atoms with Crippen LogP contribution in [-0.2, 0) is 14.8 Å². The first-order valence-electron chi connectivity index (χ1n) is 10.2. The van der Waals surface area contributed by atoms with Crippen LogP contribution in [0, 0.1) is 11.7 Å². The van der Waals surface area contributed by atoms with Crippen LogP contribution in [0.4, 0.5) is 4.39 Å². The molecule has 33 heavy (non-hydrogen) atoms. The number of aromatic nitrogens is 1. The lowest BCUT2D eigenvalue weighted by Crippen LogP contribution is -2.50. The van der Waals surface area contributed by atoms with Crippen LogP contribution in [0.5, 0.6) is 0 Å². The van der Waals surface area contributed by atoms with Crippen LogP contribution in [0.2, 0.25) is 0 Å². The Labute approximate surface area is 189 Å². The number of carbonyl (C=O) groups excluding carboxylic acids is 2. The molecule has 1 unspecified atom stereocenters. The van der Waals surface area contributed by atoms with E-state index in [-0.39, 0.29) is 23.7 Å². The largest absolute Gasteiger partial charge is 0.355 e. The second kappa shape index (κ2) is 9.51. The number of hydrogen-bond acceptors (Lipinski definition) is 6. The summed E-state index contributed by atoms with van der Waals surface area (Å²) >= 11 is 0. The molecule has 1 aromatic heterocycles. The first-order chi connectivity index (χ1) is 15.8. The number of nitrogens with zero attached hydrogens (tertiary/aromatic N) is 2. The number of nitrogens with one attached hydrogen (secondary N) is 2. The van der Waals surface area contributed by atoms with Gasteiger partial charge in [0, 0.05) is 24.7 Å². The lowest BCUT2D eigenvalue weighted by molar-refractivity contribution is -0.126. The molecule has 2 N–H and O–H groups in total. The fourth-order valence-corrected chi connectivity index (χ4v) is 5.06. The first-order valence-corrected chi connectivity index (χ1v) is 11.7. The SMILES string of the molecule is O=C(NNC(=O)C1CCCN(S(=O)(=O)c2ccc(F)cc2)C1)c1cc(-c2ccccc2)on1. The zero-order valence-corrected chi connectivity index (χ0v) is 18.2. The van der Waals surface area contributed by atoms with Gasteiger partial charge >= 0.3 is 0 Å². The summed E-state index contributed by atoms with van der Waals surface area (Å²) in [7, 11) is -3.87. The summed E-state index contributed by atoms with van der Waals surface area (Å²) in [5.41, 5.74) is 5.34. The van der Waals surface area contributed by atoms with Crippen LogP contribution in [-0.4, -0.2) is 42.8 Å². The van der Waals surface area contributed by atoms with E-state index in [2.05, 4.69) is 16.0 Å². The molecule has 0 bridgehead atoms. The monoisotopic (exact) mass is 472 g/mol. The maximum atomic E-state index is 13.1. The standard InChI is InChI=1S/C22H21FN4O5S/c23-17-8-10-18(11-9-17)33(30,31)27-12-4-7-16(14-27)21(28)24-25-22(29)19-13-20(32-26-19)15-5-2-1-3-6-15/h1-3,5-6,8-11,13,16H,4,7,12,14H2,(H,24,28)(H,25,29). The third-order valence-corrected chi connectivity index (χ3v) is 7.19. The van der Waals surface area contributed by atoms with Gasteiger partial charge in [-0.25, -0.2) is 12.8 Å². The number of sulfonamides is 1.